The van der Waals surface area contributed by atoms with Crippen LogP contribution in [0.1, 0.15) is 47.2 Å². The van der Waals surface area contributed by atoms with Gasteiger partial charge >= 0.3 is 0 Å². The fraction of sp³-hybridized carbons (Fsp3) is 0.550. The lowest BCUT2D eigenvalue weighted by Gasteiger charge is -2.20. The maximum absolute atomic E-state index is 12.5. The maximum Gasteiger partial charge on any atom is 0.230 e. The molecule has 0 aliphatic heterocycles. The molecule has 2 rings (SSSR count). The molecule has 0 aliphatic carbocycles. The zero-order valence-electron chi connectivity index (χ0n) is 16.8. The van der Waals surface area contributed by atoms with E-state index in [1.807, 2.05) is 58.2 Å². The second kappa shape index (κ2) is 7.48. The number of aromatic nitrogens is 2. The molecular formula is C20H29N3O3. The van der Waals surface area contributed by atoms with E-state index in [-0.39, 0.29) is 24.2 Å². The van der Waals surface area contributed by atoms with Crippen molar-refractivity contribution in [3.05, 3.63) is 24.0 Å². The van der Waals surface area contributed by atoms with E-state index in [1.54, 1.807) is 18.0 Å². The minimum atomic E-state index is -0.454. The summed E-state index contributed by atoms with van der Waals surface area (Å²) in [4.78, 5) is 31.0. The third-order valence-electron chi connectivity index (χ3n) is 4.33. The van der Waals surface area contributed by atoms with Gasteiger partial charge in [0.25, 0.3) is 0 Å². The van der Waals surface area contributed by atoms with Crippen LogP contribution in [0.3, 0.4) is 0 Å². The molecule has 6 nitrogen and oxygen atoms in total. The van der Waals surface area contributed by atoms with Gasteiger partial charge in [-0.15, -0.1) is 0 Å². The molecule has 0 unspecified atom stereocenters. The van der Waals surface area contributed by atoms with Crippen molar-refractivity contribution in [2.45, 2.75) is 48.0 Å². The van der Waals surface area contributed by atoms with Crippen molar-refractivity contribution in [2.75, 3.05) is 18.6 Å². The van der Waals surface area contributed by atoms with Crippen LogP contribution in [0.5, 0.6) is 5.75 Å². The van der Waals surface area contributed by atoms with E-state index < -0.39 is 5.41 Å². The molecule has 6 heteroatoms. The number of imidazole rings is 1. The van der Waals surface area contributed by atoms with Crippen LogP contribution in [0.15, 0.2) is 18.3 Å². The van der Waals surface area contributed by atoms with Crippen LogP contribution in [-0.4, -0.2) is 34.7 Å². The number of pyridine rings is 1. The first kappa shape index (κ1) is 19.9. The fourth-order valence-electron chi connectivity index (χ4n) is 2.63. The van der Waals surface area contributed by atoms with E-state index in [0.29, 0.717) is 17.8 Å². The Balaban J connectivity index is 2.45. The van der Waals surface area contributed by atoms with Gasteiger partial charge in [0.15, 0.2) is 17.2 Å². The molecule has 0 fully saturated rings. The second-order valence-corrected chi connectivity index (χ2v) is 7.82. The Hall–Kier alpha value is -2.37. The highest BCUT2D eigenvalue weighted by Crippen LogP contribution is 2.29. The van der Waals surface area contributed by atoms with Crippen LogP contribution >= 0.6 is 0 Å². The van der Waals surface area contributed by atoms with Gasteiger partial charge in [0.1, 0.15) is 12.4 Å². The van der Waals surface area contributed by atoms with Gasteiger partial charge in [-0.25, -0.2) is 4.98 Å². The van der Waals surface area contributed by atoms with Crippen molar-refractivity contribution in [2.24, 2.45) is 11.3 Å². The van der Waals surface area contributed by atoms with E-state index in [1.165, 1.54) is 0 Å². The van der Waals surface area contributed by atoms with Gasteiger partial charge in [-0.1, -0.05) is 41.5 Å². The monoisotopic (exact) mass is 359 g/mol. The van der Waals surface area contributed by atoms with Gasteiger partial charge in [0.05, 0.1) is 5.69 Å². The summed E-state index contributed by atoms with van der Waals surface area (Å²) in [7, 11) is 1.77. The zero-order chi connectivity index (χ0) is 19.6. The lowest BCUT2D eigenvalue weighted by molar-refractivity contribution is -0.128. The molecule has 0 aliphatic rings. The van der Waals surface area contributed by atoms with Crippen LogP contribution < -0.4 is 9.64 Å². The normalized spacial score (nSPS) is 11.8. The second-order valence-electron chi connectivity index (χ2n) is 7.82. The van der Waals surface area contributed by atoms with Crippen LogP contribution in [0.25, 0.3) is 5.65 Å². The zero-order valence-corrected chi connectivity index (χ0v) is 16.8. The quantitative estimate of drug-likeness (QED) is 0.792. The first-order valence-corrected chi connectivity index (χ1v) is 9.01. The van der Waals surface area contributed by atoms with E-state index in [4.69, 9.17) is 4.74 Å². The molecule has 2 aromatic heterocycles. The predicted octanol–water partition coefficient (Wildman–Crippen LogP) is 3.51. The molecule has 0 N–H and O–H groups in total. The number of rotatable bonds is 6. The summed E-state index contributed by atoms with van der Waals surface area (Å²) in [6.45, 7) is 11.4. The molecule has 0 saturated carbocycles. The molecule has 1 amide bonds. The summed E-state index contributed by atoms with van der Waals surface area (Å²) in [5.41, 5.74) is 0.980. The van der Waals surface area contributed by atoms with Crippen molar-refractivity contribution >= 4 is 23.2 Å². The third kappa shape index (κ3) is 3.89. The summed E-state index contributed by atoms with van der Waals surface area (Å²) in [5.74, 6) is 1.22. The molecule has 0 atom stereocenters. The third-order valence-corrected chi connectivity index (χ3v) is 4.33. The number of fused-ring (bicyclic) bond motifs is 1. The van der Waals surface area contributed by atoms with E-state index >= 15 is 0 Å². The topological polar surface area (TPSA) is 63.9 Å². The minimum absolute atomic E-state index is 0.00636. The highest BCUT2D eigenvalue weighted by atomic mass is 16.5. The van der Waals surface area contributed by atoms with Crippen LogP contribution in [0, 0.1) is 11.3 Å². The average Bonchev–Trinajstić information content (AvgIpc) is 2.96. The molecule has 2 heterocycles. The Morgan fingerprint density at radius 3 is 2.50 bits per heavy atom. The van der Waals surface area contributed by atoms with Gasteiger partial charge in [-0.2, -0.15) is 0 Å². The van der Waals surface area contributed by atoms with Crippen molar-refractivity contribution in [1.82, 2.24) is 9.38 Å². The fourth-order valence-corrected chi connectivity index (χ4v) is 2.63. The lowest BCUT2D eigenvalue weighted by atomic mass is 9.91. The Bertz CT molecular complexity index is 816. The molecule has 26 heavy (non-hydrogen) atoms. The molecule has 0 radical (unpaired) electrons. The highest BCUT2D eigenvalue weighted by Gasteiger charge is 2.25. The molecule has 0 aromatic carbocycles. The van der Waals surface area contributed by atoms with Crippen molar-refractivity contribution in [3.8, 4) is 5.75 Å². The number of anilines is 1. The predicted molar refractivity (Wildman–Crippen MR) is 103 cm³/mol. The number of amides is 1. The van der Waals surface area contributed by atoms with Crippen molar-refractivity contribution in [1.29, 1.82) is 0 Å². The molecule has 2 aromatic rings. The Morgan fingerprint density at radius 1 is 1.31 bits per heavy atom. The number of hydrogen-bond donors (Lipinski definition) is 0. The number of hydrogen-bond acceptors (Lipinski definition) is 4. The minimum Gasteiger partial charge on any atom is -0.482 e. The van der Waals surface area contributed by atoms with E-state index in [0.717, 1.165) is 11.5 Å². The summed E-state index contributed by atoms with van der Waals surface area (Å²) >= 11 is 0. The maximum atomic E-state index is 12.5. The summed E-state index contributed by atoms with van der Waals surface area (Å²) in [6, 6.07) is 3.63. The number of nitrogens with zero attached hydrogens (tertiary/aromatic N) is 3. The summed E-state index contributed by atoms with van der Waals surface area (Å²) in [6.07, 6.45) is 2.55. The molecule has 0 bridgehead atoms. The Labute approximate surface area is 155 Å². The SMILES string of the molecule is CCc1nc2c(OCC(=O)C(C)(C)C)cccn2c1N(C)C(=O)C(C)C. The number of ketones is 1. The van der Waals surface area contributed by atoms with Gasteiger partial charge in [-0.05, 0) is 18.6 Å². The molecule has 0 saturated heterocycles. The van der Waals surface area contributed by atoms with Crippen LogP contribution in [0.4, 0.5) is 5.82 Å². The number of ether oxygens (including phenoxy) is 1. The Kier molecular flexibility index (Phi) is 5.74. The van der Waals surface area contributed by atoms with E-state index in [2.05, 4.69) is 4.98 Å². The smallest absolute Gasteiger partial charge is 0.230 e. The van der Waals surface area contributed by atoms with Crippen molar-refractivity contribution < 1.29 is 14.3 Å². The number of carbonyl (C=O) groups is 2. The first-order chi connectivity index (χ1) is 12.1. The van der Waals surface area contributed by atoms with Gasteiger partial charge in [0.2, 0.25) is 5.91 Å². The van der Waals surface area contributed by atoms with Crippen LogP contribution in [-0.2, 0) is 16.0 Å². The molecular weight excluding hydrogens is 330 g/mol. The lowest BCUT2D eigenvalue weighted by Crippen LogP contribution is -2.31. The average molecular weight is 359 g/mol. The van der Waals surface area contributed by atoms with Gasteiger partial charge in [0, 0.05) is 24.6 Å². The highest BCUT2D eigenvalue weighted by molar-refractivity contribution is 5.94. The summed E-state index contributed by atoms with van der Waals surface area (Å²) < 4.78 is 7.63. The standard InChI is InChI=1S/C20H29N3O3/c1-8-14-18(22(7)19(25)13(2)3)23-11-9-10-15(17(23)21-14)26-12-16(24)20(4,5)6/h9-11,13H,8,12H2,1-7H3. The largest absolute Gasteiger partial charge is 0.482 e. The van der Waals surface area contributed by atoms with Crippen molar-refractivity contribution in [3.63, 3.8) is 0 Å². The number of carbonyl (C=O) groups excluding carboxylic acids is 2. The first-order valence-electron chi connectivity index (χ1n) is 9.01. The Morgan fingerprint density at radius 2 is 1.96 bits per heavy atom. The molecule has 0 spiro atoms. The van der Waals surface area contributed by atoms with E-state index in [9.17, 15) is 9.59 Å². The summed E-state index contributed by atoms with van der Waals surface area (Å²) in [5, 5.41) is 0. The molecule has 142 valence electrons. The van der Waals surface area contributed by atoms with Gasteiger partial charge < -0.3 is 4.74 Å². The van der Waals surface area contributed by atoms with Crippen LogP contribution in [0.2, 0.25) is 0 Å². The number of Topliss-reactive ketones (excluding diaryl/α,β-unsaturated/α-hetero) is 1. The van der Waals surface area contributed by atoms with Gasteiger partial charge in [-0.3, -0.25) is 18.9 Å². The number of aryl methyl sites for hydroxylation is 1.